The van der Waals surface area contributed by atoms with Crippen molar-refractivity contribution in [3.63, 3.8) is 0 Å². The summed E-state index contributed by atoms with van der Waals surface area (Å²) < 4.78 is 5.07. The van der Waals surface area contributed by atoms with Crippen LogP contribution in [-0.2, 0) is 21.9 Å². The highest BCUT2D eigenvalue weighted by molar-refractivity contribution is 7.98. The molecular weight excluding hydrogens is 304 g/mol. The van der Waals surface area contributed by atoms with Crippen LogP contribution in [0.5, 0.6) is 0 Å². The molecule has 2 aromatic rings. The molecule has 0 saturated heterocycles. The van der Waals surface area contributed by atoms with Crippen LogP contribution < -0.4 is 0 Å². The maximum atomic E-state index is 10.9. The van der Waals surface area contributed by atoms with Crippen molar-refractivity contribution in [3.05, 3.63) is 64.2 Å². The number of hydrogen-bond donors (Lipinski definition) is 0. The fourth-order valence-electron chi connectivity index (χ4n) is 1.92. The Balaban J connectivity index is 2.13. The molecule has 0 bridgehead atoms. The molecule has 0 aliphatic heterocycles. The lowest BCUT2D eigenvalue weighted by Gasteiger charge is -2.12. The van der Waals surface area contributed by atoms with E-state index in [4.69, 9.17) is 16.3 Å². The second-order valence-corrected chi connectivity index (χ2v) is 6.20. The minimum Gasteiger partial charge on any atom is -0.461 e. The lowest BCUT2D eigenvalue weighted by atomic mass is 10.1. The zero-order chi connectivity index (χ0) is 15.2. The number of ether oxygens (including phenoxy) is 1. The Bertz CT molecular complexity index is 626. The standard InChI is InChI=1S/C17H17ClO2S/c1-12-15(10-20-13(2)19)8-16(18)9-17(12)21-11-14-6-4-3-5-7-14/h3-9H,10-11H2,1-2H3. The SMILES string of the molecule is CC(=O)OCc1cc(Cl)cc(SCc2ccccc2)c1C. The third kappa shape index (κ3) is 4.80. The number of benzene rings is 2. The van der Waals surface area contributed by atoms with Crippen LogP contribution in [0, 0.1) is 6.92 Å². The first-order chi connectivity index (χ1) is 10.1. The van der Waals surface area contributed by atoms with Gasteiger partial charge in [-0.05, 0) is 35.7 Å². The third-order valence-corrected chi connectivity index (χ3v) is 4.53. The van der Waals surface area contributed by atoms with Gasteiger partial charge in [-0.1, -0.05) is 41.9 Å². The van der Waals surface area contributed by atoms with E-state index in [0.717, 1.165) is 21.8 Å². The summed E-state index contributed by atoms with van der Waals surface area (Å²) in [5.41, 5.74) is 3.33. The van der Waals surface area contributed by atoms with Crippen LogP contribution in [0.2, 0.25) is 5.02 Å². The van der Waals surface area contributed by atoms with Crippen molar-refractivity contribution in [1.29, 1.82) is 0 Å². The molecule has 0 heterocycles. The van der Waals surface area contributed by atoms with Crippen molar-refractivity contribution in [2.45, 2.75) is 31.1 Å². The van der Waals surface area contributed by atoms with E-state index >= 15 is 0 Å². The Morgan fingerprint density at radius 2 is 1.95 bits per heavy atom. The van der Waals surface area contributed by atoms with Gasteiger partial charge in [-0.15, -0.1) is 11.8 Å². The van der Waals surface area contributed by atoms with Gasteiger partial charge in [0.15, 0.2) is 0 Å². The maximum Gasteiger partial charge on any atom is 0.302 e. The third-order valence-electron chi connectivity index (χ3n) is 3.10. The minimum atomic E-state index is -0.284. The zero-order valence-electron chi connectivity index (χ0n) is 12.1. The average molecular weight is 321 g/mol. The molecule has 0 unspecified atom stereocenters. The molecule has 2 aromatic carbocycles. The monoisotopic (exact) mass is 320 g/mol. The van der Waals surface area contributed by atoms with Gasteiger partial charge in [-0.25, -0.2) is 0 Å². The van der Waals surface area contributed by atoms with E-state index in [1.165, 1.54) is 12.5 Å². The molecule has 0 saturated carbocycles. The van der Waals surface area contributed by atoms with Crippen molar-refractivity contribution in [2.24, 2.45) is 0 Å². The fraction of sp³-hybridized carbons (Fsp3) is 0.235. The quantitative estimate of drug-likeness (QED) is 0.572. The van der Waals surface area contributed by atoms with Gasteiger partial charge >= 0.3 is 5.97 Å². The summed E-state index contributed by atoms with van der Waals surface area (Å²) in [5.74, 6) is 0.600. The Labute approximate surface area is 134 Å². The van der Waals surface area contributed by atoms with E-state index in [-0.39, 0.29) is 12.6 Å². The van der Waals surface area contributed by atoms with E-state index in [1.807, 2.05) is 37.3 Å². The molecule has 2 rings (SSSR count). The first kappa shape index (κ1) is 15.9. The Hall–Kier alpha value is -1.45. The lowest BCUT2D eigenvalue weighted by Crippen LogP contribution is -2.01. The van der Waals surface area contributed by atoms with Crippen LogP contribution in [0.3, 0.4) is 0 Å². The summed E-state index contributed by atoms with van der Waals surface area (Å²) >= 11 is 7.90. The molecule has 21 heavy (non-hydrogen) atoms. The summed E-state index contributed by atoms with van der Waals surface area (Å²) in [6, 6.07) is 14.1. The van der Waals surface area contributed by atoms with Gasteiger partial charge in [0.1, 0.15) is 6.61 Å². The van der Waals surface area contributed by atoms with Crippen molar-refractivity contribution in [2.75, 3.05) is 0 Å². The first-order valence-corrected chi connectivity index (χ1v) is 8.01. The number of hydrogen-bond acceptors (Lipinski definition) is 3. The van der Waals surface area contributed by atoms with Crippen LogP contribution in [0.4, 0.5) is 0 Å². The molecule has 0 N–H and O–H groups in total. The van der Waals surface area contributed by atoms with Crippen LogP contribution in [0.15, 0.2) is 47.4 Å². The van der Waals surface area contributed by atoms with Gasteiger partial charge in [0.25, 0.3) is 0 Å². The number of thioether (sulfide) groups is 1. The molecule has 0 aliphatic rings. The summed E-state index contributed by atoms with van der Waals surface area (Å²) in [6.45, 7) is 3.70. The Morgan fingerprint density at radius 3 is 2.62 bits per heavy atom. The van der Waals surface area contributed by atoms with Gasteiger partial charge in [0, 0.05) is 22.6 Å². The van der Waals surface area contributed by atoms with E-state index in [1.54, 1.807) is 11.8 Å². The number of halogens is 1. The maximum absolute atomic E-state index is 10.9. The van der Waals surface area contributed by atoms with E-state index < -0.39 is 0 Å². The second-order valence-electron chi connectivity index (χ2n) is 4.74. The van der Waals surface area contributed by atoms with Gasteiger partial charge in [-0.3, -0.25) is 4.79 Å². The predicted octanol–water partition coefficient (Wildman–Crippen LogP) is 5.00. The van der Waals surface area contributed by atoms with Crippen LogP contribution in [-0.4, -0.2) is 5.97 Å². The fourth-order valence-corrected chi connectivity index (χ4v) is 3.30. The smallest absolute Gasteiger partial charge is 0.302 e. The first-order valence-electron chi connectivity index (χ1n) is 6.65. The molecule has 2 nitrogen and oxygen atoms in total. The number of esters is 1. The Morgan fingerprint density at radius 1 is 1.24 bits per heavy atom. The topological polar surface area (TPSA) is 26.3 Å². The van der Waals surface area contributed by atoms with Crippen molar-refractivity contribution in [3.8, 4) is 0 Å². The van der Waals surface area contributed by atoms with Gasteiger partial charge in [-0.2, -0.15) is 0 Å². The van der Waals surface area contributed by atoms with Gasteiger partial charge < -0.3 is 4.74 Å². The largest absolute Gasteiger partial charge is 0.461 e. The van der Waals surface area contributed by atoms with E-state index in [2.05, 4.69) is 12.1 Å². The molecule has 0 aromatic heterocycles. The van der Waals surface area contributed by atoms with Gasteiger partial charge in [0.05, 0.1) is 0 Å². The van der Waals surface area contributed by atoms with Crippen molar-refractivity contribution in [1.82, 2.24) is 0 Å². The molecule has 110 valence electrons. The van der Waals surface area contributed by atoms with Crippen LogP contribution in [0.1, 0.15) is 23.6 Å². The second kappa shape index (κ2) is 7.53. The predicted molar refractivity (Wildman–Crippen MR) is 87.7 cm³/mol. The van der Waals surface area contributed by atoms with Crippen molar-refractivity contribution >= 4 is 29.3 Å². The Kier molecular flexibility index (Phi) is 5.71. The molecule has 0 atom stereocenters. The lowest BCUT2D eigenvalue weighted by molar-refractivity contribution is -0.142. The average Bonchev–Trinajstić information content (AvgIpc) is 2.47. The molecule has 0 fully saturated rings. The van der Waals surface area contributed by atoms with E-state index in [0.29, 0.717) is 5.02 Å². The van der Waals surface area contributed by atoms with E-state index in [9.17, 15) is 4.79 Å². The molecule has 0 aliphatic carbocycles. The number of carbonyl (C=O) groups excluding carboxylic acids is 1. The molecule has 0 spiro atoms. The molecule has 0 radical (unpaired) electrons. The number of rotatable bonds is 5. The summed E-state index contributed by atoms with van der Waals surface area (Å²) in [5, 5.41) is 0.665. The van der Waals surface area contributed by atoms with Crippen LogP contribution in [0.25, 0.3) is 0 Å². The molecule has 0 amide bonds. The summed E-state index contributed by atoms with van der Waals surface area (Å²) in [6.07, 6.45) is 0. The normalized spacial score (nSPS) is 10.4. The highest BCUT2D eigenvalue weighted by atomic mass is 35.5. The molecular formula is C17H17ClO2S. The highest BCUT2D eigenvalue weighted by Crippen LogP contribution is 2.31. The number of carbonyl (C=O) groups is 1. The highest BCUT2D eigenvalue weighted by Gasteiger charge is 2.09. The summed E-state index contributed by atoms with van der Waals surface area (Å²) in [4.78, 5) is 12.1. The minimum absolute atomic E-state index is 0.265. The zero-order valence-corrected chi connectivity index (χ0v) is 13.6. The molecule has 4 heteroatoms. The van der Waals surface area contributed by atoms with Gasteiger partial charge in [0.2, 0.25) is 0 Å². The summed E-state index contributed by atoms with van der Waals surface area (Å²) in [7, 11) is 0. The van der Waals surface area contributed by atoms with Crippen molar-refractivity contribution < 1.29 is 9.53 Å². The van der Waals surface area contributed by atoms with Crippen LogP contribution >= 0.6 is 23.4 Å².